The SMILES string of the molecule is Cc1c(-c2ccc(-c3ccc4nccc(C(=O)Nc5nc6ccccc6s5)c4c3)nc2C(=O)O)cnn1CC12CC3(C)CC(C)(C1)CC(OCCN(CCC(=O)O)C(=O)OCc1ccc(N(C(=O)[C@@H](NC(=O)CCCCCN4C(=O)C=CC4=O)C(C)C)[C@@H](CCCNC(N)=O)C(N)=O)cc1)(C3)C2. The quantitative estimate of drug-likeness (QED) is 0.0152. The highest BCUT2D eigenvalue weighted by molar-refractivity contribution is 7.22. The summed E-state index contributed by atoms with van der Waals surface area (Å²) >= 11 is 1.37. The third-order valence-electron chi connectivity index (χ3n) is 19.9. The minimum absolute atomic E-state index is 0.00304. The molecule has 28 heteroatoms. The van der Waals surface area contributed by atoms with E-state index in [1.807, 2.05) is 35.9 Å². The first-order chi connectivity index (χ1) is 48.6. The van der Waals surface area contributed by atoms with Crippen molar-refractivity contribution in [3.05, 3.63) is 132 Å². The molecule has 536 valence electrons. The Morgan fingerprint density at radius 3 is 2.21 bits per heavy atom. The number of nitrogens with zero attached hydrogens (tertiary/aromatic N) is 8. The molecule has 0 spiro atoms. The summed E-state index contributed by atoms with van der Waals surface area (Å²) in [6.07, 6.45) is 11.2. The van der Waals surface area contributed by atoms with Gasteiger partial charge in [-0.15, -0.1) is 0 Å². The molecule has 7 aromatic rings. The second-order valence-electron chi connectivity index (χ2n) is 28.6. The number of nitrogens with one attached hydrogen (secondary N) is 3. The molecule has 3 aromatic carbocycles. The molecular formula is C74H85N13O14S. The van der Waals surface area contributed by atoms with Gasteiger partial charge in [0.2, 0.25) is 11.8 Å². The second-order valence-corrected chi connectivity index (χ2v) is 29.6. The van der Waals surface area contributed by atoms with Crippen LogP contribution in [0.5, 0.6) is 0 Å². The van der Waals surface area contributed by atoms with E-state index in [0.717, 1.165) is 52.9 Å². The van der Waals surface area contributed by atoms with Crippen LogP contribution in [-0.4, -0.2) is 155 Å². The van der Waals surface area contributed by atoms with E-state index in [-0.39, 0.29) is 110 Å². The lowest BCUT2D eigenvalue weighted by molar-refractivity contribution is -0.248. The largest absolute Gasteiger partial charge is 0.481 e. The van der Waals surface area contributed by atoms with Gasteiger partial charge in [-0.1, -0.05) is 75.8 Å². The van der Waals surface area contributed by atoms with E-state index in [1.54, 1.807) is 86.9 Å². The van der Waals surface area contributed by atoms with Crippen molar-refractivity contribution < 1.29 is 67.6 Å². The van der Waals surface area contributed by atoms with Crippen LogP contribution in [-0.2, 0) is 51.4 Å². The van der Waals surface area contributed by atoms with E-state index in [0.29, 0.717) is 81.8 Å². The number of aromatic carboxylic acids is 1. The third kappa shape index (κ3) is 16.6. The fraction of sp³-hybridized carbons (Fsp3) is 0.432. The number of carboxylic acid groups (broad SMARTS) is 2. The summed E-state index contributed by atoms with van der Waals surface area (Å²) in [5.74, 6) is -5.89. The van der Waals surface area contributed by atoms with Crippen molar-refractivity contribution in [2.75, 3.05) is 43.0 Å². The number of nitrogens with two attached hydrogens (primary N) is 2. The Kier molecular flexibility index (Phi) is 21.7. The second kappa shape index (κ2) is 30.4. The van der Waals surface area contributed by atoms with Crippen molar-refractivity contribution in [3.63, 3.8) is 0 Å². The number of primary amides is 2. The molecule has 0 radical (unpaired) electrons. The molecule has 5 heterocycles. The van der Waals surface area contributed by atoms with Crippen LogP contribution >= 0.6 is 11.3 Å². The number of para-hydroxylation sites is 1. The van der Waals surface area contributed by atoms with Crippen LogP contribution in [0.1, 0.15) is 143 Å². The summed E-state index contributed by atoms with van der Waals surface area (Å²) in [4.78, 5) is 147. The summed E-state index contributed by atoms with van der Waals surface area (Å²) in [7, 11) is 0. The van der Waals surface area contributed by atoms with E-state index in [2.05, 4.69) is 39.8 Å². The van der Waals surface area contributed by atoms with Gasteiger partial charge < -0.3 is 46.7 Å². The van der Waals surface area contributed by atoms with Crippen molar-refractivity contribution in [2.24, 2.45) is 33.6 Å². The molecular weight excluding hydrogens is 1330 g/mol. The Morgan fingerprint density at radius 2 is 1.52 bits per heavy atom. The van der Waals surface area contributed by atoms with E-state index in [9.17, 15) is 58.2 Å². The summed E-state index contributed by atoms with van der Waals surface area (Å²) < 4.78 is 15.8. The number of fused-ring (bicyclic) bond motifs is 2. The lowest BCUT2D eigenvalue weighted by Gasteiger charge is -2.69. The monoisotopic (exact) mass is 1410 g/mol. The Labute approximate surface area is 592 Å². The smallest absolute Gasteiger partial charge is 0.410 e. The molecule has 2 unspecified atom stereocenters. The number of urea groups is 1. The normalized spacial score (nSPS) is 20.2. The number of anilines is 2. The van der Waals surface area contributed by atoms with E-state index >= 15 is 0 Å². The van der Waals surface area contributed by atoms with Crippen LogP contribution in [0.3, 0.4) is 0 Å². The number of ether oxygens (including phenoxy) is 2. The van der Waals surface area contributed by atoms with Crippen molar-refractivity contribution in [2.45, 2.75) is 149 Å². The summed E-state index contributed by atoms with van der Waals surface area (Å²) in [6.45, 7) is 10.5. The lowest BCUT2D eigenvalue weighted by Crippen LogP contribution is -2.64. The van der Waals surface area contributed by atoms with Gasteiger partial charge in [0.15, 0.2) is 10.8 Å². The number of rotatable bonds is 32. The molecule has 4 bridgehead atoms. The number of aliphatic carboxylic acids is 1. The minimum atomic E-state index is -1.25. The van der Waals surface area contributed by atoms with Crippen LogP contribution in [0, 0.1) is 29.1 Å². The first-order valence-corrected chi connectivity index (χ1v) is 35.1. The molecule has 9 amide bonds. The summed E-state index contributed by atoms with van der Waals surface area (Å²) in [6, 6.07) is 21.2. The van der Waals surface area contributed by atoms with Crippen LogP contribution in [0.15, 0.2) is 109 Å². The van der Waals surface area contributed by atoms with Crippen LogP contribution in [0.4, 0.5) is 20.4 Å². The Bertz CT molecular complexity index is 4390. The summed E-state index contributed by atoms with van der Waals surface area (Å²) in [5.41, 5.74) is 15.2. The van der Waals surface area contributed by atoms with E-state index < -0.39 is 65.4 Å². The van der Waals surface area contributed by atoms with Crippen molar-refractivity contribution in [3.8, 4) is 22.4 Å². The number of imide groups is 1. The predicted molar refractivity (Wildman–Crippen MR) is 379 cm³/mol. The van der Waals surface area contributed by atoms with Gasteiger partial charge in [0.1, 0.15) is 18.7 Å². The Morgan fingerprint density at radius 1 is 0.784 bits per heavy atom. The molecule has 1 aliphatic heterocycles. The standard InChI is InChI=1S/C74H85N13O14S/c1-44(2)62(82-58(88)15-7-6-10-30-85-59(89)24-25-60(85)90)66(95)87(56(64(75)93)13-11-28-78-68(76)98)48-19-16-46(17-20-48)36-100-70(99)84(31-27-61(91)92)32-33-101-74-40-71(4)37-72(5,41-74)39-73(38-71,42-74)43-86-45(3)52(35-79-86)49-21-23-53(80-63(49)67(96)97)47-18-22-54-51(34-47)50(26-29-77-54)65(94)83-69-81-55-12-8-9-14-57(55)102-69/h8-9,12,14,16-26,29,34-35,44,56,62H,6-7,10-11,13,15,27-28,30-33,36-43H2,1-5H3,(H2,75,93)(H,82,88)(H,91,92)(H,96,97)(H3,76,78,98)(H,81,83,94)/t56-,62-,71?,72?,73?,74?/m0/s1. The van der Waals surface area contributed by atoms with Gasteiger partial charge in [-0.05, 0) is 153 Å². The highest BCUT2D eigenvalue weighted by Crippen LogP contribution is 2.72. The first kappa shape index (κ1) is 72.8. The van der Waals surface area contributed by atoms with Crippen molar-refractivity contribution in [1.29, 1.82) is 0 Å². The van der Waals surface area contributed by atoms with Crippen LogP contribution in [0.25, 0.3) is 43.5 Å². The molecule has 5 aliphatic rings. The summed E-state index contributed by atoms with van der Waals surface area (Å²) in [5, 5.41) is 34.7. The maximum absolute atomic E-state index is 14.8. The maximum Gasteiger partial charge on any atom is 0.410 e. The number of carboxylic acids is 2. The minimum Gasteiger partial charge on any atom is -0.481 e. The Balaban J connectivity index is 0.743. The van der Waals surface area contributed by atoms with Gasteiger partial charge in [0, 0.05) is 91.0 Å². The first-order valence-electron chi connectivity index (χ1n) is 34.3. The van der Waals surface area contributed by atoms with Gasteiger partial charge in [0.05, 0.1) is 51.8 Å². The van der Waals surface area contributed by atoms with Gasteiger partial charge in [-0.3, -0.25) is 58.3 Å². The highest BCUT2D eigenvalue weighted by atomic mass is 32.1. The zero-order valence-corrected chi connectivity index (χ0v) is 58.5. The number of aromatic nitrogens is 5. The van der Waals surface area contributed by atoms with Crippen LogP contribution in [0.2, 0.25) is 0 Å². The average Bonchev–Trinajstić information content (AvgIpc) is 0.716. The molecule has 102 heavy (non-hydrogen) atoms. The predicted octanol–water partition coefficient (Wildman–Crippen LogP) is 9.54. The molecule has 9 N–H and O–H groups in total. The maximum atomic E-state index is 14.8. The zero-order chi connectivity index (χ0) is 72.8. The number of amides is 9. The average molecular weight is 1410 g/mol. The molecule has 4 fully saturated rings. The van der Waals surface area contributed by atoms with Crippen molar-refractivity contribution in [1.82, 2.24) is 45.2 Å². The highest BCUT2D eigenvalue weighted by Gasteiger charge is 2.66. The molecule has 0 saturated heterocycles. The number of benzene rings is 3. The molecule has 4 aliphatic carbocycles. The number of carbonyl (C=O) groups is 10. The van der Waals surface area contributed by atoms with Gasteiger partial charge in [-0.2, -0.15) is 5.10 Å². The number of unbranched alkanes of at least 4 members (excludes halogenated alkanes) is 2. The fourth-order valence-corrected chi connectivity index (χ4v) is 17.3. The third-order valence-corrected chi connectivity index (χ3v) is 20.8. The molecule has 12 rings (SSSR count). The van der Waals surface area contributed by atoms with Crippen molar-refractivity contribution >= 4 is 103 Å². The van der Waals surface area contributed by atoms with E-state index in [4.69, 9.17) is 31.0 Å². The molecule has 4 atom stereocenters. The van der Waals surface area contributed by atoms with Crippen LogP contribution < -0.4 is 32.3 Å². The number of carbonyl (C=O) groups excluding carboxylic acids is 8. The number of pyridine rings is 2. The zero-order valence-electron chi connectivity index (χ0n) is 57.7. The molecule has 4 aromatic heterocycles. The van der Waals surface area contributed by atoms with Gasteiger partial charge in [-0.25, -0.2) is 24.4 Å². The molecule has 27 nitrogen and oxygen atoms in total. The molecule has 4 saturated carbocycles. The number of hydrogen-bond donors (Lipinski definition) is 7. The Hall–Kier alpha value is -10.5. The number of hydrogen-bond acceptors (Lipinski definition) is 17. The lowest BCUT2D eigenvalue weighted by atomic mass is 9.39. The topological polar surface area (TPSA) is 384 Å². The van der Waals surface area contributed by atoms with Gasteiger partial charge >= 0.3 is 24.1 Å². The fourth-order valence-electron chi connectivity index (χ4n) is 16.5. The number of thiazole rings is 1. The van der Waals surface area contributed by atoms with E-state index in [1.165, 1.54) is 33.3 Å². The van der Waals surface area contributed by atoms with Gasteiger partial charge in [0.25, 0.3) is 23.6 Å².